The fourth-order valence-corrected chi connectivity index (χ4v) is 3.15. The predicted octanol–water partition coefficient (Wildman–Crippen LogP) is 3.70. The molecule has 0 saturated heterocycles. The molecule has 6 nitrogen and oxygen atoms in total. The molecule has 0 unspecified atom stereocenters. The van der Waals surface area contributed by atoms with Crippen molar-refractivity contribution >= 4 is 44.0 Å². The van der Waals surface area contributed by atoms with Crippen molar-refractivity contribution in [1.29, 1.82) is 0 Å². The van der Waals surface area contributed by atoms with E-state index in [1.54, 1.807) is 30.3 Å². The molecule has 2 aromatic carbocycles. The summed E-state index contributed by atoms with van der Waals surface area (Å²) < 4.78 is 11.5. The topological polar surface area (TPSA) is 80.2 Å². The summed E-state index contributed by atoms with van der Waals surface area (Å²) in [7, 11) is 2.99. The average molecular weight is 458 g/mol. The smallest absolute Gasteiger partial charge is 0.275 e. The van der Waals surface area contributed by atoms with Gasteiger partial charge in [0.05, 0.1) is 30.5 Å². The van der Waals surface area contributed by atoms with Crippen LogP contribution in [-0.4, -0.2) is 31.4 Å². The molecular weight excluding hydrogens is 444 g/mol. The Morgan fingerprint density at radius 2 is 1.96 bits per heavy atom. The second-order valence-electron chi connectivity index (χ2n) is 4.59. The van der Waals surface area contributed by atoms with Crippen molar-refractivity contribution in [1.82, 2.24) is 5.43 Å². The first-order valence-corrected chi connectivity index (χ1v) is 8.28. The normalized spacial score (nSPS) is 10.7. The van der Waals surface area contributed by atoms with E-state index in [1.165, 1.54) is 20.4 Å². The molecule has 0 fully saturated rings. The third-order valence-electron chi connectivity index (χ3n) is 3.08. The van der Waals surface area contributed by atoms with E-state index in [0.717, 1.165) is 4.47 Å². The standard InChI is InChI=1S/C16H14Br2N2O4/c1-23-11-3-4-12(14(7-11)24-2)16(22)20-19-8-9-5-10(17)6-13(18)15(9)21/h3-8,21H,1-2H3,(H,20,22)/b19-8+. The molecule has 24 heavy (non-hydrogen) atoms. The van der Waals surface area contributed by atoms with E-state index >= 15 is 0 Å². The highest BCUT2D eigenvalue weighted by atomic mass is 79.9. The van der Waals surface area contributed by atoms with Crippen molar-refractivity contribution in [3.63, 3.8) is 0 Å². The van der Waals surface area contributed by atoms with E-state index in [9.17, 15) is 9.90 Å². The maximum absolute atomic E-state index is 12.2. The first-order valence-electron chi connectivity index (χ1n) is 6.69. The number of nitrogens with zero attached hydrogens (tertiary/aromatic N) is 1. The summed E-state index contributed by atoms with van der Waals surface area (Å²) in [4.78, 5) is 12.2. The van der Waals surface area contributed by atoms with Crippen LogP contribution in [0.5, 0.6) is 17.2 Å². The van der Waals surface area contributed by atoms with Crippen LogP contribution in [-0.2, 0) is 0 Å². The number of benzene rings is 2. The number of hydrogen-bond acceptors (Lipinski definition) is 5. The lowest BCUT2D eigenvalue weighted by Crippen LogP contribution is -2.18. The number of hydrogen-bond donors (Lipinski definition) is 2. The maximum atomic E-state index is 12.2. The fraction of sp³-hybridized carbons (Fsp3) is 0.125. The van der Waals surface area contributed by atoms with Gasteiger partial charge in [-0.2, -0.15) is 5.10 Å². The summed E-state index contributed by atoms with van der Waals surface area (Å²) in [6.07, 6.45) is 1.35. The van der Waals surface area contributed by atoms with Crippen LogP contribution in [0.25, 0.3) is 0 Å². The Morgan fingerprint density at radius 1 is 1.21 bits per heavy atom. The van der Waals surface area contributed by atoms with Crippen molar-refractivity contribution in [2.24, 2.45) is 5.10 Å². The zero-order chi connectivity index (χ0) is 17.7. The summed E-state index contributed by atoms with van der Waals surface area (Å²) in [6.45, 7) is 0. The van der Waals surface area contributed by atoms with Gasteiger partial charge in [-0.05, 0) is 40.2 Å². The lowest BCUT2D eigenvalue weighted by Gasteiger charge is -2.09. The van der Waals surface area contributed by atoms with Crippen molar-refractivity contribution in [3.8, 4) is 17.2 Å². The molecule has 1 amide bonds. The van der Waals surface area contributed by atoms with E-state index in [0.29, 0.717) is 27.1 Å². The molecule has 2 N–H and O–H groups in total. The molecule has 0 aliphatic carbocycles. The highest BCUT2D eigenvalue weighted by molar-refractivity contribution is 9.11. The highest BCUT2D eigenvalue weighted by Gasteiger charge is 2.13. The maximum Gasteiger partial charge on any atom is 0.275 e. The number of carbonyl (C=O) groups is 1. The monoisotopic (exact) mass is 456 g/mol. The lowest BCUT2D eigenvalue weighted by molar-refractivity contribution is 0.0952. The number of rotatable bonds is 5. The van der Waals surface area contributed by atoms with Crippen LogP contribution in [0.1, 0.15) is 15.9 Å². The molecule has 0 bridgehead atoms. The molecule has 0 aromatic heterocycles. The summed E-state index contributed by atoms with van der Waals surface area (Å²) in [5, 5.41) is 13.8. The Kier molecular flexibility index (Phi) is 6.22. The second-order valence-corrected chi connectivity index (χ2v) is 6.36. The van der Waals surface area contributed by atoms with Crippen LogP contribution in [0.3, 0.4) is 0 Å². The Bertz CT molecular complexity index is 794. The molecule has 0 aliphatic heterocycles. The number of phenols is 1. The zero-order valence-corrected chi connectivity index (χ0v) is 16.0. The van der Waals surface area contributed by atoms with Crippen molar-refractivity contribution in [2.45, 2.75) is 0 Å². The minimum Gasteiger partial charge on any atom is -0.506 e. The van der Waals surface area contributed by atoms with Gasteiger partial charge in [0.25, 0.3) is 5.91 Å². The van der Waals surface area contributed by atoms with Crippen LogP contribution in [0.15, 0.2) is 44.4 Å². The number of ether oxygens (including phenoxy) is 2. The number of amides is 1. The van der Waals surface area contributed by atoms with Crippen LogP contribution in [0.4, 0.5) is 0 Å². The minimum atomic E-state index is -0.445. The van der Waals surface area contributed by atoms with E-state index in [4.69, 9.17) is 9.47 Å². The molecule has 0 heterocycles. The first kappa shape index (κ1) is 18.3. The minimum absolute atomic E-state index is 0.0261. The van der Waals surface area contributed by atoms with Crippen molar-refractivity contribution in [2.75, 3.05) is 14.2 Å². The summed E-state index contributed by atoms with van der Waals surface area (Å²) in [5.41, 5.74) is 3.15. The molecule has 2 aromatic rings. The highest BCUT2D eigenvalue weighted by Crippen LogP contribution is 2.30. The largest absolute Gasteiger partial charge is 0.506 e. The van der Waals surface area contributed by atoms with Gasteiger partial charge in [0.2, 0.25) is 0 Å². The van der Waals surface area contributed by atoms with E-state index < -0.39 is 5.91 Å². The van der Waals surface area contributed by atoms with Crippen LogP contribution in [0, 0.1) is 0 Å². The van der Waals surface area contributed by atoms with Gasteiger partial charge >= 0.3 is 0 Å². The zero-order valence-electron chi connectivity index (χ0n) is 12.8. The van der Waals surface area contributed by atoms with E-state index in [-0.39, 0.29) is 5.75 Å². The van der Waals surface area contributed by atoms with Crippen LogP contribution in [0.2, 0.25) is 0 Å². The molecule has 0 atom stereocenters. The molecule has 0 radical (unpaired) electrons. The Morgan fingerprint density at radius 3 is 2.62 bits per heavy atom. The number of hydrazone groups is 1. The molecule has 0 saturated carbocycles. The van der Waals surface area contributed by atoms with Gasteiger partial charge in [0.15, 0.2) is 0 Å². The number of carbonyl (C=O) groups excluding carboxylic acids is 1. The van der Waals surface area contributed by atoms with Gasteiger partial charge in [0, 0.05) is 16.1 Å². The van der Waals surface area contributed by atoms with Crippen molar-refractivity contribution < 1.29 is 19.4 Å². The van der Waals surface area contributed by atoms with Gasteiger partial charge < -0.3 is 14.6 Å². The van der Waals surface area contributed by atoms with Crippen LogP contribution >= 0.6 is 31.9 Å². The van der Waals surface area contributed by atoms with Gasteiger partial charge in [-0.25, -0.2) is 5.43 Å². The Hall–Kier alpha value is -2.06. The quantitative estimate of drug-likeness (QED) is 0.530. The predicted molar refractivity (Wildman–Crippen MR) is 98.1 cm³/mol. The lowest BCUT2D eigenvalue weighted by atomic mass is 10.2. The fourth-order valence-electron chi connectivity index (χ4n) is 1.89. The first-order chi connectivity index (χ1) is 11.5. The molecule has 126 valence electrons. The summed E-state index contributed by atoms with van der Waals surface area (Å²) in [6, 6.07) is 8.21. The number of phenolic OH excluding ortho intramolecular Hbond substituents is 1. The van der Waals surface area contributed by atoms with Gasteiger partial charge in [0.1, 0.15) is 17.2 Å². The van der Waals surface area contributed by atoms with E-state index in [2.05, 4.69) is 42.4 Å². The molecule has 8 heteroatoms. The number of nitrogens with one attached hydrogen (secondary N) is 1. The molecule has 0 spiro atoms. The van der Waals surface area contributed by atoms with Crippen molar-refractivity contribution in [3.05, 3.63) is 50.4 Å². The number of aromatic hydroxyl groups is 1. The third-order valence-corrected chi connectivity index (χ3v) is 4.14. The molecular formula is C16H14Br2N2O4. The van der Waals surface area contributed by atoms with Gasteiger partial charge in [-0.3, -0.25) is 4.79 Å². The second kappa shape index (κ2) is 8.16. The number of halogens is 2. The van der Waals surface area contributed by atoms with Gasteiger partial charge in [-0.1, -0.05) is 15.9 Å². The average Bonchev–Trinajstić information content (AvgIpc) is 2.58. The SMILES string of the molecule is COc1ccc(C(=O)N/N=C/c2cc(Br)cc(Br)c2O)c(OC)c1. The molecule has 0 aliphatic rings. The van der Waals surface area contributed by atoms with Crippen LogP contribution < -0.4 is 14.9 Å². The Balaban J connectivity index is 2.16. The molecule has 2 rings (SSSR count). The van der Waals surface area contributed by atoms with E-state index in [1.807, 2.05) is 0 Å². The third kappa shape index (κ3) is 4.27. The van der Waals surface area contributed by atoms with Gasteiger partial charge in [-0.15, -0.1) is 0 Å². The number of methoxy groups -OCH3 is 2. The summed E-state index contributed by atoms with van der Waals surface area (Å²) >= 11 is 6.55. The Labute approximate surface area is 155 Å². The summed E-state index contributed by atoms with van der Waals surface area (Å²) in [5.74, 6) is 0.531.